The molecule has 0 bridgehead atoms. The second kappa shape index (κ2) is 8.35. The summed E-state index contributed by atoms with van der Waals surface area (Å²) in [5.41, 5.74) is 6.97. The predicted octanol–water partition coefficient (Wildman–Crippen LogP) is 5.07. The number of carbonyl (C=O) groups is 2. The fourth-order valence-corrected chi connectivity index (χ4v) is 3.96. The van der Waals surface area contributed by atoms with Crippen LogP contribution >= 0.6 is 0 Å². The zero-order valence-electron chi connectivity index (χ0n) is 19.1. The Hall–Kier alpha value is -3.86. The number of carbonyl (C=O) groups excluding carboxylic acids is 2. The van der Waals surface area contributed by atoms with Gasteiger partial charge < -0.3 is 10.2 Å². The molecular formula is C27H27N3O2. The Kier molecular flexibility index (Phi) is 5.57. The van der Waals surface area contributed by atoms with Crippen molar-refractivity contribution >= 4 is 34.4 Å². The summed E-state index contributed by atoms with van der Waals surface area (Å²) in [6.07, 6.45) is 0. The number of aryl methyl sites for hydroxylation is 3. The van der Waals surface area contributed by atoms with E-state index in [9.17, 15) is 9.59 Å². The normalized spacial score (nSPS) is 13.7. The van der Waals surface area contributed by atoms with Crippen LogP contribution in [0.25, 0.3) is 5.57 Å². The van der Waals surface area contributed by atoms with Crippen LogP contribution in [0.4, 0.5) is 17.1 Å². The maximum atomic E-state index is 13.6. The number of benzene rings is 3. The standard InChI is InChI=1S/C27H27N3O2/c1-17-6-8-20(9-7-17)24-25(28-21-15-18(2)14-19(3)16-21)27(32)30(26(24)31)23-12-10-22(11-13-23)29(4)5/h6-16,28H,1-5H3. The minimum Gasteiger partial charge on any atom is -0.378 e. The van der Waals surface area contributed by atoms with Gasteiger partial charge in [0.1, 0.15) is 5.70 Å². The summed E-state index contributed by atoms with van der Waals surface area (Å²) in [5.74, 6) is -0.689. The molecule has 0 unspecified atom stereocenters. The molecule has 0 saturated heterocycles. The molecule has 162 valence electrons. The monoisotopic (exact) mass is 425 g/mol. The average molecular weight is 426 g/mol. The highest BCUT2D eigenvalue weighted by molar-refractivity contribution is 6.46. The number of nitrogens with one attached hydrogen (secondary N) is 1. The number of hydrogen-bond donors (Lipinski definition) is 1. The van der Waals surface area contributed by atoms with Crippen molar-refractivity contribution in [1.82, 2.24) is 0 Å². The summed E-state index contributed by atoms with van der Waals surface area (Å²) in [5, 5.41) is 3.25. The maximum absolute atomic E-state index is 13.6. The molecular weight excluding hydrogens is 398 g/mol. The summed E-state index contributed by atoms with van der Waals surface area (Å²) in [6, 6.07) is 21.1. The van der Waals surface area contributed by atoms with Gasteiger partial charge >= 0.3 is 0 Å². The first-order chi connectivity index (χ1) is 15.2. The van der Waals surface area contributed by atoms with Crippen molar-refractivity contribution in [2.24, 2.45) is 0 Å². The Morgan fingerprint density at radius 1 is 0.719 bits per heavy atom. The van der Waals surface area contributed by atoms with E-state index in [1.54, 1.807) is 12.1 Å². The molecule has 4 rings (SSSR count). The van der Waals surface area contributed by atoms with Crippen molar-refractivity contribution in [3.05, 3.63) is 94.7 Å². The third kappa shape index (κ3) is 4.02. The lowest BCUT2D eigenvalue weighted by Gasteiger charge is -2.18. The van der Waals surface area contributed by atoms with Crippen LogP contribution in [0.2, 0.25) is 0 Å². The Labute approximate surface area is 189 Å². The highest BCUT2D eigenvalue weighted by Crippen LogP contribution is 2.34. The van der Waals surface area contributed by atoms with E-state index in [-0.39, 0.29) is 11.8 Å². The summed E-state index contributed by atoms with van der Waals surface area (Å²) in [7, 11) is 3.90. The molecule has 0 spiro atoms. The second-order valence-electron chi connectivity index (χ2n) is 8.47. The van der Waals surface area contributed by atoms with E-state index in [0.29, 0.717) is 22.5 Å². The molecule has 1 N–H and O–H groups in total. The molecule has 0 saturated carbocycles. The van der Waals surface area contributed by atoms with E-state index >= 15 is 0 Å². The Morgan fingerprint density at radius 2 is 1.31 bits per heavy atom. The Balaban J connectivity index is 1.80. The minimum absolute atomic E-state index is 0.292. The quantitative estimate of drug-likeness (QED) is 0.580. The fraction of sp³-hybridized carbons (Fsp3) is 0.185. The lowest BCUT2D eigenvalue weighted by atomic mass is 10.0. The van der Waals surface area contributed by atoms with Crippen LogP contribution in [-0.4, -0.2) is 25.9 Å². The van der Waals surface area contributed by atoms with E-state index in [2.05, 4.69) is 11.4 Å². The van der Waals surface area contributed by atoms with E-state index in [4.69, 9.17) is 0 Å². The van der Waals surface area contributed by atoms with Crippen LogP contribution in [0.1, 0.15) is 22.3 Å². The van der Waals surface area contributed by atoms with Crippen LogP contribution < -0.4 is 15.1 Å². The Morgan fingerprint density at radius 3 is 1.88 bits per heavy atom. The molecule has 1 heterocycles. The number of imide groups is 1. The summed E-state index contributed by atoms with van der Waals surface area (Å²) < 4.78 is 0. The van der Waals surface area contributed by atoms with Crippen LogP contribution in [0, 0.1) is 20.8 Å². The van der Waals surface area contributed by atoms with Crippen molar-refractivity contribution in [1.29, 1.82) is 0 Å². The Bertz CT molecular complexity index is 1200. The lowest BCUT2D eigenvalue weighted by molar-refractivity contribution is -0.120. The van der Waals surface area contributed by atoms with Gasteiger partial charge in [-0.25, -0.2) is 4.90 Å². The summed E-state index contributed by atoms with van der Waals surface area (Å²) in [6.45, 7) is 6.01. The van der Waals surface area contributed by atoms with E-state index < -0.39 is 0 Å². The van der Waals surface area contributed by atoms with Crippen molar-refractivity contribution in [3.63, 3.8) is 0 Å². The van der Waals surface area contributed by atoms with Gasteiger partial charge in [0, 0.05) is 25.5 Å². The lowest BCUT2D eigenvalue weighted by Crippen LogP contribution is -2.32. The first-order valence-electron chi connectivity index (χ1n) is 10.6. The molecule has 0 aliphatic carbocycles. The molecule has 0 aromatic heterocycles. The third-order valence-corrected chi connectivity index (χ3v) is 5.54. The van der Waals surface area contributed by atoms with Crippen molar-refractivity contribution in [2.45, 2.75) is 20.8 Å². The van der Waals surface area contributed by atoms with E-state index in [0.717, 1.165) is 28.1 Å². The first kappa shape index (κ1) is 21.4. The van der Waals surface area contributed by atoms with Gasteiger partial charge in [0.25, 0.3) is 11.8 Å². The molecule has 0 fully saturated rings. The molecule has 0 atom stereocenters. The van der Waals surface area contributed by atoms with E-state index in [1.165, 1.54) is 4.90 Å². The summed E-state index contributed by atoms with van der Waals surface area (Å²) in [4.78, 5) is 30.3. The van der Waals surface area contributed by atoms with Crippen LogP contribution in [0.15, 0.2) is 72.4 Å². The van der Waals surface area contributed by atoms with Gasteiger partial charge in [-0.1, -0.05) is 35.9 Å². The van der Waals surface area contributed by atoms with Gasteiger partial charge in [0.15, 0.2) is 0 Å². The van der Waals surface area contributed by atoms with Gasteiger partial charge in [0.05, 0.1) is 11.3 Å². The smallest absolute Gasteiger partial charge is 0.282 e. The number of rotatable bonds is 5. The SMILES string of the molecule is Cc1ccc(C2=C(Nc3cc(C)cc(C)c3)C(=O)N(c3ccc(N(C)C)cc3)C2=O)cc1. The maximum Gasteiger partial charge on any atom is 0.282 e. The minimum atomic E-state index is -0.359. The molecule has 2 amide bonds. The first-order valence-corrected chi connectivity index (χ1v) is 10.6. The van der Waals surface area contributed by atoms with Crippen LogP contribution in [0.5, 0.6) is 0 Å². The number of anilines is 3. The summed E-state index contributed by atoms with van der Waals surface area (Å²) >= 11 is 0. The highest BCUT2D eigenvalue weighted by Gasteiger charge is 2.40. The second-order valence-corrected chi connectivity index (χ2v) is 8.47. The molecule has 3 aromatic rings. The zero-order chi connectivity index (χ0) is 23.0. The highest BCUT2D eigenvalue weighted by atomic mass is 16.2. The number of hydrogen-bond acceptors (Lipinski definition) is 4. The van der Waals surface area contributed by atoms with Crippen molar-refractivity contribution < 1.29 is 9.59 Å². The third-order valence-electron chi connectivity index (χ3n) is 5.54. The predicted molar refractivity (Wildman–Crippen MR) is 131 cm³/mol. The largest absolute Gasteiger partial charge is 0.378 e. The zero-order valence-corrected chi connectivity index (χ0v) is 19.1. The number of amides is 2. The van der Waals surface area contributed by atoms with Gasteiger partial charge in [-0.05, 0) is 73.9 Å². The van der Waals surface area contributed by atoms with Crippen LogP contribution in [-0.2, 0) is 9.59 Å². The molecule has 5 nitrogen and oxygen atoms in total. The van der Waals surface area contributed by atoms with Gasteiger partial charge in [-0.2, -0.15) is 0 Å². The molecule has 0 radical (unpaired) electrons. The average Bonchev–Trinajstić information content (AvgIpc) is 2.97. The van der Waals surface area contributed by atoms with Crippen LogP contribution in [0.3, 0.4) is 0 Å². The fourth-order valence-electron chi connectivity index (χ4n) is 3.96. The van der Waals surface area contributed by atoms with Gasteiger partial charge in [0.2, 0.25) is 0 Å². The van der Waals surface area contributed by atoms with Gasteiger partial charge in [-0.3, -0.25) is 9.59 Å². The molecule has 3 aromatic carbocycles. The van der Waals surface area contributed by atoms with E-state index in [1.807, 2.05) is 88.3 Å². The van der Waals surface area contributed by atoms with Crippen molar-refractivity contribution in [3.8, 4) is 0 Å². The molecule has 5 heteroatoms. The van der Waals surface area contributed by atoms with Gasteiger partial charge in [-0.15, -0.1) is 0 Å². The topological polar surface area (TPSA) is 52.7 Å². The molecule has 1 aliphatic rings. The molecule has 32 heavy (non-hydrogen) atoms. The van der Waals surface area contributed by atoms with Crippen molar-refractivity contribution in [2.75, 3.05) is 29.2 Å². The molecule has 1 aliphatic heterocycles. The number of nitrogens with zero attached hydrogens (tertiary/aromatic N) is 2.